The number of alkyl halides is 2. The van der Waals surface area contributed by atoms with E-state index in [1.54, 1.807) is 0 Å². The number of benzene rings is 2. The van der Waals surface area contributed by atoms with Crippen molar-refractivity contribution >= 4 is 16.0 Å². The Morgan fingerprint density at radius 1 is 1.05 bits per heavy atom. The van der Waals surface area contributed by atoms with Gasteiger partial charge in [-0.3, -0.25) is 14.1 Å². The van der Waals surface area contributed by atoms with Crippen LogP contribution >= 0.6 is 0 Å². The number of hydrogen-bond acceptors (Lipinski definition) is 6. The first-order valence-corrected chi connectivity index (χ1v) is 13.3. The second-order valence-corrected chi connectivity index (χ2v) is 10.5. The Morgan fingerprint density at radius 3 is 2.52 bits per heavy atom. The molecule has 0 aliphatic carbocycles. The molecule has 0 saturated carbocycles. The molecule has 4 aromatic rings. The number of hydrogen-bond donors (Lipinski definition) is 1. The third-order valence-electron chi connectivity index (χ3n) is 6.43. The first-order chi connectivity index (χ1) is 19.1. The number of rotatable bonds is 7. The average molecular weight is 576 g/mol. The van der Waals surface area contributed by atoms with E-state index in [1.165, 1.54) is 58.6 Å². The molecule has 2 aromatic carbocycles. The fourth-order valence-corrected chi connectivity index (χ4v) is 5.67. The molecular weight excluding hydrogens is 554 g/mol. The highest BCUT2D eigenvalue weighted by molar-refractivity contribution is 7.90. The number of methoxy groups -OCH3 is 1. The van der Waals surface area contributed by atoms with E-state index < -0.39 is 39.4 Å². The molecule has 1 aliphatic heterocycles. The molecule has 3 heterocycles. The summed E-state index contributed by atoms with van der Waals surface area (Å²) in [7, 11) is -2.70. The molecule has 1 N–H and O–H groups in total. The molecule has 0 atom stereocenters. The van der Waals surface area contributed by atoms with Gasteiger partial charge in [0.2, 0.25) is 0 Å². The van der Waals surface area contributed by atoms with E-state index >= 15 is 4.39 Å². The van der Waals surface area contributed by atoms with Gasteiger partial charge in [0.15, 0.2) is 5.82 Å². The van der Waals surface area contributed by atoms with Crippen molar-refractivity contribution in [1.29, 1.82) is 0 Å². The Bertz CT molecular complexity index is 1750. The van der Waals surface area contributed by atoms with Gasteiger partial charge in [-0.25, -0.2) is 17.6 Å². The fraction of sp³-hybridized carbons (Fsp3) is 0.192. The number of nitrogens with zero attached hydrogens (tertiary/aromatic N) is 4. The Balaban J connectivity index is 1.52. The van der Waals surface area contributed by atoms with E-state index in [2.05, 4.69) is 14.9 Å². The summed E-state index contributed by atoms with van der Waals surface area (Å²) in [6, 6.07) is 10.9. The number of fused-ring (bicyclic) bond motifs is 1. The van der Waals surface area contributed by atoms with Crippen LogP contribution in [-0.4, -0.2) is 41.1 Å². The zero-order valence-electron chi connectivity index (χ0n) is 20.8. The van der Waals surface area contributed by atoms with E-state index in [0.29, 0.717) is 11.3 Å². The van der Waals surface area contributed by atoms with Crippen molar-refractivity contribution < 1.29 is 30.7 Å². The van der Waals surface area contributed by atoms with Crippen molar-refractivity contribution in [2.75, 3.05) is 18.4 Å². The Hall–Kier alpha value is -4.30. The predicted molar refractivity (Wildman–Crippen MR) is 138 cm³/mol. The van der Waals surface area contributed by atoms with Crippen LogP contribution in [0.2, 0.25) is 0 Å². The molecule has 0 fully saturated rings. The van der Waals surface area contributed by atoms with Crippen LogP contribution in [0.1, 0.15) is 23.2 Å². The lowest BCUT2D eigenvalue weighted by molar-refractivity contribution is 0.146. The highest BCUT2D eigenvalue weighted by atomic mass is 32.2. The van der Waals surface area contributed by atoms with Crippen molar-refractivity contribution in [3.05, 3.63) is 99.6 Å². The molecule has 0 amide bonds. The summed E-state index contributed by atoms with van der Waals surface area (Å²) in [4.78, 5) is 13.0. The van der Waals surface area contributed by atoms with Crippen LogP contribution in [-0.2, 0) is 23.2 Å². The molecule has 0 saturated heterocycles. The quantitative estimate of drug-likeness (QED) is 0.331. The van der Waals surface area contributed by atoms with Crippen LogP contribution in [0.15, 0.2) is 65.6 Å². The van der Waals surface area contributed by atoms with Crippen LogP contribution in [0.5, 0.6) is 5.75 Å². The predicted octanol–water partition coefficient (Wildman–Crippen LogP) is 4.23. The first kappa shape index (κ1) is 27.3. The second kappa shape index (κ2) is 10.7. The number of anilines is 1. The van der Waals surface area contributed by atoms with Gasteiger partial charge in [0.25, 0.3) is 12.0 Å². The van der Waals surface area contributed by atoms with Crippen LogP contribution < -0.4 is 15.0 Å². The van der Waals surface area contributed by atoms with Gasteiger partial charge in [-0.15, -0.1) is 5.10 Å². The monoisotopic (exact) mass is 575 g/mol. The van der Waals surface area contributed by atoms with Gasteiger partial charge in [-0.05, 0) is 41.5 Å². The standard InChI is InChI=1S/C26H21F4N5O4S/c1-39-23-12-18(15-4-6-17(26(29)30)19(27)11-15)20(28)13-22(23)35-21-8-10-34(14-16(21)5-7-25(35)36)40(37,38)33-24-3-2-9-31-32-24/h2-7,9,11-13,26H,8,10,14H2,1H3,(H,32,33). The van der Waals surface area contributed by atoms with Gasteiger partial charge in [0.05, 0.1) is 18.4 Å². The number of pyridine rings is 1. The Labute approximate surface area is 225 Å². The molecule has 1 aliphatic rings. The molecule has 2 aromatic heterocycles. The van der Waals surface area contributed by atoms with Crippen molar-refractivity contribution in [1.82, 2.24) is 19.1 Å². The van der Waals surface area contributed by atoms with Crippen LogP contribution in [0.4, 0.5) is 23.4 Å². The van der Waals surface area contributed by atoms with Gasteiger partial charge < -0.3 is 4.74 Å². The molecule has 0 spiro atoms. The fourth-order valence-electron chi connectivity index (χ4n) is 4.53. The zero-order chi connectivity index (χ0) is 28.6. The molecular formula is C26H21F4N5O4S. The number of nitrogens with one attached hydrogen (secondary N) is 1. The molecule has 0 radical (unpaired) electrons. The van der Waals surface area contributed by atoms with Gasteiger partial charge in [0.1, 0.15) is 17.4 Å². The molecule has 208 valence electrons. The number of aromatic nitrogens is 3. The van der Waals surface area contributed by atoms with Crippen LogP contribution in [0.25, 0.3) is 16.8 Å². The Morgan fingerprint density at radius 2 is 1.85 bits per heavy atom. The minimum absolute atomic E-state index is 0.00291. The van der Waals surface area contributed by atoms with Crippen molar-refractivity contribution in [2.45, 2.75) is 19.4 Å². The van der Waals surface area contributed by atoms with Gasteiger partial charge in [-0.1, -0.05) is 12.1 Å². The largest absolute Gasteiger partial charge is 0.495 e. The van der Waals surface area contributed by atoms with E-state index in [0.717, 1.165) is 18.2 Å². The highest BCUT2D eigenvalue weighted by Gasteiger charge is 2.30. The van der Waals surface area contributed by atoms with E-state index in [1.807, 2.05) is 0 Å². The molecule has 40 heavy (non-hydrogen) atoms. The first-order valence-electron chi connectivity index (χ1n) is 11.8. The highest BCUT2D eigenvalue weighted by Crippen LogP contribution is 2.35. The summed E-state index contributed by atoms with van der Waals surface area (Å²) in [5.41, 5.74) is -0.426. The lowest BCUT2D eigenvalue weighted by Crippen LogP contribution is -2.41. The average Bonchev–Trinajstić information content (AvgIpc) is 2.92. The summed E-state index contributed by atoms with van der Waals surface area (Å²) in [6.45, 7) is -0.0749. The minimum atomic E-state index is -4.00. The summed E-state index contributed by atoms with van der Waals surface area (Å²) < 4.78 is 91.5. The summed E-state index contributed by atoms with van der Waals surface area (Å²) in [5.74, 6) is -1.93. The minimum Gasteiger partial charge on any atom is -0.495 e. The van der Waals surface area contributed by atoms with E-state index in [4.69, 9.17) is 4.74 Å². The third kappa shape index (κ3) is 5.14. The number of ether oxygens (including phenoxy) is 1. The molecule has 9 nitrogen and oxygen atoms in total. The van der Waals surface area contributed by atoms with E-state index in [-0.39, 0.29) is 47.9 Å². The Kier molecular flexibility index (Phi) is 7.29. The second-order valence-electron chi connectivity index (χ2n) is 8.82. The lowest BCUT2D eigenvalue weighted by atomic mass is 10.0. The molecule has 0 bridgehead atoms. The van der Waals surface area contributed by atoms with Gasteiger partial charge in [0, 0.05) is 49.1 Å². The van der Waals surface area contributed by atoms with Crippen molar-refractivity contribution in [3.8, 4) is 22.6 Å². The third-order valence-corrected chi connectivity index (χ3v) is 7.89. The zero-order valence-corrected chi connectivity index (χ0v) is 21.6. The summed E-state index contributed by atoms with van der Waals surface area (Å²) >= 11 is 0. The maximum absolute atomic E-state index is 15.4. The SMILES string of the molecule is COc1cc(-c2ccc(C(F)F)c(F)c2)c(F)cc1-n1c2c(ccc1=O)CN(S(=O)(=O)Nc1cccnn1)CC2. The van der Waals surface area contributed by atoms with Crippen molar-refractivity contribution in [3.63, 3.8) is 0 Å². The molecule has 0 unspecified atom stereocenters. The van der Waals surface area contributed by atoms with E-state index in [9.17, 15) is 26.4 Å². The van der Waals surface area contributed by atoms with Crippen LogP contribution in [0, 0.1) is 11.6 Å². The number of halogens is 4. The van der Waals surface area contributed by atoms with Gasteiger partial charge in [-0.2, -0.15) is 17.8 Å². The maximum Gasteiger partial charge on any atom is 0.303 e. The topological polar surface area (TPSA) is 106 Å². The smallest absolute Gasteiger partial charge is 0.303 e. The maximum atomic E-state index is 15.4. The normalized spacial score (nSPS) is 13.8. The van der Waals surface area contributed by atoms with Crippen molar-refractivity contribution in [2.24, 2.45) is 0 Å². The summed E-state index contributed by atoms with van der Waals surface area (Å²) in [6.07, 6.45) is -1.51. The van der Waals surface area contributed by atoms with Crippen LogP contribution in [0.3, 0.4) is 0 Å². The summed E-state index contributed by atoms with van der Waals surface area (Å²) in [5, 5.41) is 7.37. The van der Waals surface area contributed by atoms with Gasteiger partial charge >= 0.3 is 10.2 Å². The molecule has 5 rings (SSSR count). The molecule has 14 heteroatoms. The lowest BCUT2D eigenvalue weighted by Gasteiger charge is -2.30.